The first-order valence-electron chi connectivity index (χ1n) is 8.98. The first kappa shape index (κ1) is 20.7. The largest absolute Gasteiger partial charge is 0.350 e. The number of hydrogen-bond acceptors (Lipinski definition) is 4. The lowest BCUT2D eigenvalue weighted by molar-refractivity contribution is -0.128. The molecule has 0 radical (unpaired) electrons. The third-order valence-corrected chi connectivity index (χ3v) is 4.68. The molecule has 2 amide bonds. The highest BCUT2D eigenvalue weighted by Crippen LogP contribution is 2.20. The Labute approximate surface area is 160 Å². The number of amides is 2. The minimum absolute atomic E-state index is 0.0439. The molecule has 0 spiro atoms. The van der Waals surface area contributed by atoms with E-state index in [1.54, 1.807) is 12.1 Å². The lowest BCUT2D eigenvalue weighted by atomic mass is 10.1. The van der Waals surface area contributed by atoms with Crippen molar-refractivity contribution >= 4 is 29.1 Å². The summed E-state index contributed by atoms with van der Waals surface area (Å²) in [6.45, 7) is 11.2. The SMILES string of the molecule is CC(C(=O)NC(C)(C)C)N1CCN(CC(=O)Nc2ccccc2Cl)CC1. The maximum absolute atomic E-state index is 12.3. The Bertz CT molecular complexity index is 637. The van der Waals surface area contributed by atoms with Crippen molar-refractivity contribution in [1.82, 2.24) is 15.1 Å². The molecule has 1 heterocycles. The standard InChI is InChI=1S/C19H29ClN4O2/c1-14(18(26)22-19(2,3)4)24-11-9-23(10-12-24)13-17(25)21-16-8-6-5-7-15(16)20/h5-8,14H,9-13H2,1-4H3,(H,21,25)(H,22,26). The Kier molecular flexibility index (Phi) is 7.03. The summed E-state index contributed by atoms with van der Waals surface area (Å²) in [6, 6.07) is 7.03. The quantitative estimate of drug-likeness (QED) is 0.822. The van der Waals surface area contributed by atoms with Crippen molar-refractivity contribution in [3.8, 4) is 0 Å². The van der Waals surface area contributed by atoms with E-state index in [0.717, 1.165) is 26.2 Å². The summed E-state index contributed by atoms with van der Waals surface area (Å²) in [4.78, 5) is 28.8. The van der Waals surface area contributed by atoms with E-state index in [1.807, 2.05) is 39.8 Å². The highest BCUT2D eigenvalue weighted by atomic mass is 35.5. The van der Waals surface area contributed by atoms with E-state index in [2.05, 4.69) is 20.4 Å². The van der Waals surface area contributed by atoms with Crippen LogP contribution in [-0.4, -0.2) is 65.9 Å². The number of carbonyl (C=O) groups excluding carboxylic acids is 2. The molecule has 6 nitrogen and oxygen atoms in total. The average Bonchev–Trinajstić information content (AvgIpc) is 2.55. The molecular formula is C19H29ClN4O2. The summed E-state index contributed by atoms with van der Waals surface area (Å²) in [5, 5.41) is 6.40. The summed E-state index contributed by atoms with van der Waals surface area (Å²) in [6.07, 6.45) is 0. The predicted octanol–water partition coefficient (Wildman–Crippen LogP) is 2.20. The van der Waals surface area contributed by atoms with Crippen molar-refractivity contribution in [2.45, 2.75) is 39.3 Å². The zero-order chi connectivity index (χ0) is 19.3. The number of rotatable bonds is 5. The van der Waals surface area contributed by atoms with E-state index in [9.17, 15) is 9.59 Å². The van der Waals surface area contributed by atoms with Gasteiger partial charge in [0.1, 0.15) is 0 Å². The van der Waals surface area contributed by atoms with Crippen LogP contribution in [0.25, 0.3) is 0 Å². The lowest BCUT2D eigenvalue weighted by Gasteiger charge is -2.38. The molecule has 1 fully saturated rings. The second kappa shape index (κ2) is 8.84. The second-order valence-corrected chi connectivity index (χ2v) is 8.16. The zero-order valence-corrected chi connectivity index (χ0v) is 16.8. The van der Waals surface area contributed by atoms with Gasteiger partial charge in [0.05, 0.1) is 23.3 Å². The van der Waals surface area contributed by atoms with E-state index in [0.29, 0.717) is 17.3 Å². The number of anilines is 1. The van der Waals surface area contributed by atoms with Crippen LogP contribution in [0.15, 0.2) is 24.3 Å². The number of nitrogens with one attached hydrogen (secondary N) is 2. The van der Waals surface area contributed by atoms with Crippen molar-refractivity contribution in [3.05, 3.63) is 29.3 Å². The van der Waals surface area contributed by atoms with Gasteiger partial charge in [-0.1, -0.05) is 23.7 Å². The summed E-state index contributed by atoms with van der Waals surface area (Å²) >= 11 is 6.07. The lowest BCUT2D eigenvalue weighted by Crippen LogP contribution is -2.56. The Morgan fingerprint density at radius 2 is 1.77 bits per heavy atom. The van der Waals surface area contributed by atoms with Gasteiger partial charge in [-0.05, 0) is 39.8 Å². The summed E-state index contributed by atoms with van der Waals surface area (Å²) in [5.41, 5.74) is 0.398. The number of halogens is 1. The maximum atomic E-state index is 12.3. The maximum Gasteiger partial charge on any atom is 0.238 e. The van der Waals surface area contributed by atoms with Gasteiger partial charge in [0.15, 0.2) is 0 Å². The van der Waals surface area contributed by atoms with E-state index in [1.165, 1.54) is 0 Å². The fourth-order valence-corrected chi connectivity index (χ4v) is 3.09. The fraction of sp³-hybridized carbons (Fsp3) is 0.579. The van der Waals surface area contributed by atoms with E-state index < -0.39 is 0 Å². The molecule has 1 aromatic rings. The number of para-hydroxylation sites is 1. The van der Waals surface area contributed by atoms with Crippen LogP contribution in [0.3, 0.4) is 0 Å². The topological polar surface area (TPSA) is 64.7 Å². The molecule has 1 aromatic carbocycles. The molecule has 1 unspecified atom stereocenters. The van der Waals surface area contributed by atoms with Crippen LogP contribution in [0.2, 0.25) is 5.02 Å². The van der Waals surface area contributed by atoms with Crippen LogP contribution in [0, 0.1) is 0 Å². The van der Waals surface area contributed by atoms with Crippen LogP contribution in [0.4, 0.5) is 5.69 Å². The predicted molar refractivity (Wildman–Crippen MR) is 105 cm³/mol. The Morgan fingerprint density at radius 1 is 1.15 bits per heavy atom. The summed E-state index contributed by atoms with van der Waals surface area (Å²) < 4.78 is 0. The number of benzene rings is 1. The van der Waals surface area contributed by atoms with Gasteiger partial charge in [-0.3, -0.25) is 19.4 Å². The Morgan fingerprint density at radius 3 is 2.35 bits per heavy atom. The third kappa shape index (κ3) is 6.27. The molecule has 0 saturated carbocycles. The number of piperazine rings is 1. The second-order valence-electron chi connectivity index (χ2n) is 7.76. The molecule has 144 valence electrons. The molecule has 2 N–H and O–H groups in total. The van der Waals surface area contributed by atoms with Gasteiger partial charge in [0, 0.05) is 31.7 Å². The van der Waals surface area contributed by atoms with Gasteiger partial charge >= 0.3 is 0 Å². The van der Waals surface area contributed by atoms with Crippen LogP contribution in [0.5, 0.6) is 0 Å². The van der Waals surface area contributed by atoms with Crippen molar-refractivity contribution in [2.24, 2.45) is 0 Å². The van der Waals surface area contributed by atoms with Gasteiger partial charge in [-0.2, -0.15) is 0 Å². The number of hydrogen-bond donors (Lipinski definition) is 2. The number of nitrogens with zero attached hydrogens (tertiary/aromatic N) is 2. The van der Waals surface area contributed by atoms with E-state index >= 15 is 0 Å². The molecule has 0 aromatic heterocycles. The smallest absolute Gasteiger partial charge is 0.238 e. The van der Waals surface area contributed by atoms with Crippen LogP contribution < -0.4 is 10.6 Å². The molecule has 2 rings (SSSR count). The minimum atomic E-state index is -0.232. The molecule has 7 heteroatoms. The third-order valence-electron chi connectivity index (χ3n) is 4.35. The molecule has 0 bridgehead atoms. The van der Waals surface area contributed by atoms with Gasteiger partial charge in [0.2, 0.25) is 11.8 Å². The van der Waals surface area contributed by atoms with Gasteiger partial charge in [0.25, 0.3) is 0 Å². The molecule has 1 aliphatic heterocycles. The zero-order valence-electron chi connectivity index (χ0n) is 16.0. The Balaban J connectivity index is 1.78. The summed E-state index contributed by atoms with van der Waals surface area (Å²) in [5.74, 6) is -0.0347. The van der Waals surface area contributed by atoms with Crippen molar-refractivity contribution in [3.63, 3.8) is 0 Å². The van der Waals surface area contributed by atoms with Gasteiger partial charge in [-0.25, -0.2) is 0 Å². The fourth-order valence-electron chi connectivity index (χ4n) is 2.90. The van der Waals surface area contributed by atoms with E-state index in [-0.39, 0.29) is 23.4 Å². The minimum Gasteiger partial charge on any atom is -0.350 e. The highest BCUT2D eigenvalue weighted by molar-refractivity contribution is 6.33. The van der Waals surface area contributed by atoms with Crippen LogP contribution in [0.1, 0.15) is 27.7 Å². The van der Waals surface area contributed by atoms with Gasteiger partial charge < -0.3 is 10.6 Å². The monoisotopic (exact) mass is 380 g/mol. The van der Waals surface area contributed by atoms with Crippen molar-refractivity contribution in [2.75, 3.05) is 38.0 Å². The average molecular weight is 381 g/mol. The normalized spacial score (nSPS) is 17.6. The van der Waals surface area contributed by atoms with Crippen molar-refractivity contribution < 1.29 is 9.59 Å². The molecule has 26 heavy (non-hydrogen) atoms. The molecular weight excluding hydrogens is 352 g/mol. The molecule has 0 aliphatic carbocycles. The first-order valence-corrected chi connectivity index (χ1v) is 9.36. The Hall–Kier alpha value is -1.63. The first-order chi connectivity index (χ1) is 12.2. The molecule has 1 saturated heterocycles. The highest BCUT2D eigenvalue weighted by Gasteiger charge is 2.28. The van der Waals surface area contributed by atoms with Crippen LogP contribution in [-0.2, 0) is 9.59 Å². The van der Waals surface area contributed by atoms with Crippen LogP contribution >= 0.6 is 11.6 Å². The summed E-state index contributed by atoms with van der Waals surface area (Å²) in [7, 11) is 0. The van der Waals surface area contributed by atoms with Gasteiger partial charge in [-0.15, -0.1) is 0 Å². The molecule has 1 atom stereocenters. The van der Waals surface area contributed by atoms with E-state index in [4.69, 9.17) is 11.6 Å². The number of carbonyl (C=O) groups is 2. The molecule has 1 aliphatic rings. The van der Waals surface area contributed by atoms with Crippen molar-refractivity contribution in [1.29, 1.82) is 0 Å².